The number of rotatable bonds is 1. The molecular formula is C25H22. The molecule has 122 valence electrons. The maximum Gasteiger partial charge on any atom is 0.00589 e. The van der Waals surface area contributed by atoms with Crippen molar-refractivity contribution in [3.05, 3.63) is 101 Å². The summed E-state index contributed by atoms with van der Waals surface area (Å²) < 4.78 is 0. The van der Waals surface area contributed by atoms with Gasteiger partial charge in [-0.3, -0.25) is 0 Å². The van der Waals surface area contributed by atoms with E-state index in [0.717, 1.165) is 12.8 Å². The third-order valence-corrected chi connectivity index (χ3v) is 5.94. The topological polar surface area (TPSA) is 0 Å². The summed E-state index contributed by atoms with van der Waals surface area (Å²) in [5, 5.41) is 2.79. The van der Waals surface area contributed by atoms with E-state index in [1.165, 1.54) is 33.0 Å². The molecule has 2 aliphatic carbocycles. The van der Waals surface area contributed by atoms with Crippen molar-refractivity contribution in [2.24, 2.45) is 5.92 Å². The Hall–Kier alpha value is -2.60. The minimum absolute atomic E-state index is 0.518. The second-order valence-corrected chi connectivity index (χ2v) is 7.44. The molecule has 0 bridgehead atoms. The Morgan fingerprint density at radius 1 is 0.800 bits per heavy atom. The van der Waals surface area contributed by atoms with Crippen LogP contribution in [0, 0.1) is 5.92 Å². The Bertz CT molecular complexity index is 1000. The van der Waals surface area contributed by atoms with Crippen molar-refractivity contribution < 1.29 is 0 Å². The van der Waals surface area contributed by atoms with Crippen molar-refractivity contribution in [1.29, 1.82) is 0 Å². The van der Waals surface area contributed by atoms with E-state index in [1.807, 2.05) is 0 Å². The fraction of sp³-hybridized carbons (Fsp3) is 0.200. The Labute approximate surface area is 149 Å². The summed E-state index contributed by atoms with van der Waals surface area (Å²) in [6.45, 7) is 2.40. The molecule has 2 aliphatic rings. The maximum absolute atomic E-state index is 2.41. The van der Waals surface area contributed by atoms with Gasteiger partial charge in [-0.15, -0.1) is 0 Å². The predicted octanol–water partition coefficient (Wildman–Crippen LogP) is 6.53. The molecule has 0 heterocycles. The fourth-order valence-corrected chi connectivity index (χ4v) is 4.63. The highest BCUT2D eigenvalue weighted by atomic mass is 14.3. The first kappa shape index (κ1) is 14.7. The van der Waals surface area contributed by atoms with Crippen molar-refractivity contribution in [3.63, 3.8) is 0 Å². The average Bonchev–Trinajstić information content (AvgIpc) is 2.68. The molecule has 0 saturated carbocycles. The van der Waals surface area contributed by atoms with Crippen molar-refractivity contribution in [1.82, 2.24) is 0 Å². The summed E-state index contributed by atoms with van der Waals surface area (Å²) in [4.78, 5) is 0. The minimum atomic E-state index is 0.518. The van der Waals surface area contributed by atoms with Crippen molar-refractivity contribution >= 4 is 16.3 Å². The highest BCUT2D eigenvalue weighted by Crippen LogP contribution is 2.45. The first-order valence-corrected chi connectivity index (χ1v) is 9.28. The fourth-order valence-electron chi connectivity index (χ4n) is 4.63. The van der Waals surface area contributed by atoms with Gasteiger partial charge in [0, 0.05) is 5.92 Å². The number of hydrogen-bond acceptors (Lipinski definition) is 0. The molecule has 2 atom stereocenters. The molecule has 0 radical (unpaired) electrons. The van der Waals surface area contributed by atoms with Gasteiger partial charge >= 0.3 is 0 Å². The second kappa shape index (κ2) is 5.74. The lowest BCUT2D eigenvalue weighted by Crippen LogP contribution is -2.18. The predicted molar refractivity (Wildman–Crippen MR) is 107 cm³/mol. The number of fused-ring (bicyclic) bond motifs is 4. The first-order valence-electron chi connectivity index (χ1n) is 9.28. The van der Waals surface area contributed by atoms with Crippen LogP contribution in [0.2, 0.25) is 0 Å². The van der Waals surface area contributed by atoms with E-state index in [2.05, 4.69) is 85.8 Å². The molecule has 25 heavy (non-hydrogen) atoms. The molecule has 5 rings (SSSR count). The van der Waals surface area contributed by atoms with Gasteiger partial charge in [-0.1, -0.05) is 91.4 Å². The largest absolute Gasteiger partial charge is 0.0761 e. The molecule has 0 N–H and O–H groups in total. The third-order valence-electron chi connectivity index (χ3n) is 5.94. The van der Waals surface area contributed by atoms with E-state index in [9.17, 15) is 0 Å². The van der Waals surface area contributed by atoms with Crippen LogP contribution in [-0.4, -0.2) is 0 Å². The van der Waals surface area contributed by atoms with Gasteiger partial charge in [-0.05, 0) is 51.8 Å². The Morgan fingerprint density at radius 2 is 1.60 bits per heavy atom. The van der Waals surface area contributed by atoms with E-state index in [4.69, 9.17) is 0 Å². The molecular weight excluding hydrogens is 300 g/mol. The zero-order chi connectivity index (χ0) is 16.8. The third kappa shape index (κ3) is 2.36. The summed E-state index contributed by atoms with van der Waals surface area (Å²) in [6, 6.07) is 24.4. The Balaban J connectivity index is 1.62. The van der Waals surface area contributed by atoms with Crippen LogP contribution in [0.5, 0.6) is 0 Å². The number of hydrogen-bond donors (Lipinski definition) is 0. The van der Waals surface area contributed by atoms with Crippen molar-refractivity contribution in [2.45, 2.75) is 25.7 Å². The zero-order valence-electron chi connectivity index (χ0n) is 14.6. The number of benzene rings is 3. The average molecular weight is 322 g/mol. The molecule has 0 nitrogen and oxygen atoms in total. The van der Waals surface area contributed by atoms with Gasteiger partial charge < -0.3 is 0 Å². The highest BCUT2D eigenvalue weighted by molar-refractivity contribution is 5.94. The normalized spacial score (nSPS) is 22.0. The van der Waals surface area contributed by atoms with Crippen LogP contribution in [0.15, 0.2) is 84.5 Å². The smallest absolute Gasteiger partial charge is 0.00589 e. The molecule has 0 spiro atoms. The van der Waals surface area contributed by atoms with Crippen LogP contribution in [-0.2, 0) is 6.42 Å². The van der Waals surface area contributed by atoms with Gasteiger partial charge in [0.15, 0.2) is 0 Å². The van der Waals surface area contributed by atoms with Crippen LogP contribution in [0.4, 0.5) is 0 Å². The number of allylic oxidation sites excluding steroid dienone is 4. The highest BCUT2D eigenvalue weighted by Gasteiger charge is 2.28. The lowest BCUT2D eigenvalue weighted by Gasteiger charge is -2.33. The maximum atomic E-state index is 2.41. The van der Waals surface area contributed by atoms with E-state index >= 15 is 0 Å². The molecule has 0 aliphatic heterocycles. The summed E-state index contributed by atoms with van der Waals surface area (Å²) in [5.74, 6) is 1.13. The van der Waals surface area contributed by atoms with E-state index in [0.29, 0.717) is 11.8 Å². The Kier molecular flexibility index (Phi) is 3.38. The standard InChI is InChI=1S/C25H22/c1-17-15-25-21-10-6-5-9-19(21)11-13-23(25)22-14-12-20(16-24(17)22)18-7-3-2-4-8-18/h2-14,17,20H,15-16H2,1H3. The SMILES string of the molecule is CC1Cc2c(ccc3ccccc23)C2=C1CC(c1ccccc1)C=C2. The summed E-state index contributed by atoms with van der Waals surface area (Å²) in [6.07, 6.45) is 7.11. The minimum Gasteiger partial charge on any atom is -0.0761 e. The van der Waals surface area contributed by atoms with Crippen LogP contribution in [0.25, 0.3) is 16.3 Å². The molecule has 0 aromatic heterocycles. The summed E-state index contributed by atoms with van der Waals surface area (Å²) >= 11 is 0. The molecule has 0 saturated heterocycles. The van der Waals surface area contributed by atoms with Crippen molar-refractivity contribution in [3.8, 4) is 0 Å². The van der Waals surface area contributed by atoms with Gasteiger partial charge in [-0.2, -0.15) is 0 Å². The van der Waals surface area contributed by atoms with Gasteiger partial charge in [-0.25, -0.2) is 0 Å². The molecule has 3 aromatic carbocycles. The molecule has 0 fully saturated rings. The van der Waals surface area contributed by atoms with Crippen LogP contribution in [0.1, 0.15) is 36.0 Å². The van der Waals surface area contributed by atoms with E-state index in [-0.39, 0.29) is 0 Å². The first-order chi connectivity index (χ1) is 12.3. The quantitative estimate of drug-likeness (QED) is 0.478. The van der Waals surface area contributed by atoms with Gasteiger partial charge in [0.1, 0.15) is 0 Å². The lowest BCUT2D eigenvalue weighted by atomic mass is 9.71. The summed E-state index contributed by atoms with van der Waals surface area (Å²) in [7, 11) is 0. The van der Waals surface area contributed by atoms with Gasteiger partial charge in [0.25, 0.3) is 0 Å². The van der Waals surface area contributed by atoms with Crippen LogP contribution >= 0.6 is 0 Å². The zero-order valence-corrected chi connectivity index (χ0v) is 14.6. The Morgan fingerprint density at radius 3 is 2.48 bits per heavy atom. The van der Waals surface area contributed by atoms with Crippen LogP contribution in [0.3, 0.4) is 0 Å². The van der Waals surface area contributed by atoms with E-state index < -0.39 is 0 Å². The summed E-state index contributed by atoms with van der Waals surface area (Å²) in [5.41, 5.74) is 7.54. The monoisotopic (exact) mass is 322 g/mol. The molecule has 0 amide bonds. The van der Waals surface area contributed by atoms with Gasteiger partial charge in [0.2, 0.25) is 0 Å². The van der Waals surface area contributed by atoms with Crippen molar-refractivity contribution in [2.75, 3.05) is 0 Å². The molecule has 3 aromatic rings. The van der Waals surface area contributed by atoms with Gasteiger partial charge in [0.05, 0.1) is 0 Å². The molecule has 0 heteroatoms. The van der Waals surface area contributed by atoms with Crippen LogP contribution < -0.4 is 0 Å². The lowest BCUT2D eigenvalue weighted by molar-refractivity contribution is 0.614. The van der Waals surface area contributed by atoms with E-state index in [1.54, 1.807) is 5.57 Å². The molecule has 2 unspecified atom stereocenters. The second-order valence-electron chi connectivity index (χ2n) is 7.44.